The number of nitrogens with zero attached hydrogens (tertiary/aromatic N) is 1. The van der Waals surface area contributed by atoms with Gasteiger partial charge in [0.1, 0.15) is 11.4 Å². The van der Waals surface area contributed by atoms with Crippen molar-refractivity contribution in [3.63, 3.8) is 0 Å². The summed E-state index contributed by atoms with van der Waals surface area (Å²) in [6.45, 7) is 3.49. The Bertz CT molecular complexity index is 902. The van der Waals surface area contributed by atoms with E-state index in [4.69, 9.17) is 14.2 Å². The zero-order valence-electron chi connectivity index (χ0n) is 16.6. The van der Waals surface area contributed by atoms with Crippen LogP contribution in [0.5, 0.6) is 17.2 Å². The molecule has 0 N–H and O–H groups in total. The number of carbonyl (C=O) groups excluding carboxylic acids is 2. The number of benzene rings is 2. The molecule has 2 aliphatic heterocycles. The SMILES string of the molecule is CCOc1ccccc1OCC(=O)N1CCC2(CC1)CC(=O)c1ccccc1O2. The molecule has 1 fully saturated rings. The maximum absolute atomic E-state index is 12.6. The fraction of sp³-hybridized carbons (Fsp3) is 0.391. The number of likely N-dealkylation sites (tertiary alicyclic amines) is 1. The third-order valence-corrected chi connectivity index (χ3v) is 5.52. The van der Waals surface area contributed by atoms with E-state index in [1.807, 2.05) is 43.3 Å². The van der Waals surface area contributed by atoms with Gasteiger partial charge in [-0.3, -0.25) is 9.59 Å². The Morgan fingerprint density at radius 2 is 1.69 bits per heavy atom. The van der Waals surface area contributed by atoms with Gasteiger partial charge in [-0.1, -0.05) is 24.3 Å². The predicted molar refractivity (Wildman–Crippen MR) is 108 cm³/mol. The topological polar surface area (TPSA) is 65.1 Å². The molecule has 6 nitrogen and oxygen atoms in total. The van der Waals surface area contributed by atoms with Crippen LogP contribution in [0.3, 0.4) is 0 Å². The normalized spacial score (nSPS) is 17.4. The zero-order valence-corrected chi connectivity index (χ0v) is 16.6. The first-order valence-corrected chi connectivity index (χ1v) is 10.0. The Labute approximate surface area is 170 Å². The van der Waals surface area contributed by atoms with E-state index in [2.05, 4.69) is 0 Å². The Hall–Kier alpha value is -3.02. The molecule has 0 radical (unpaired) electrons. The summed E-state index contributed by atoms with van der Waals surface area (Å²) in [4.78, 5) is 26.9. The first-order chi connectivity index (χ1) is 14.1. The second kappa shape index (κ2) is 8.15. The first-order valence-electron chi connectivity index (χ1n) is 10.0. The molecule has 29 heavy (non-hydrogen) atoms. The molecule has 0 bridgehead atoms. The Morgan fingerprint density at radius 1 is 1.03 bits per heavy atom. The number of para-hydroxylation sites is 3. The number of amides is 1. The molecule has 2 aliphatic rings. The molecular weight excluding hydrogens is 370 g/mol. The summed E-state index contributed by atoms with van der Waals surface area (Å²) in [5.74, 6) is 1.89. The van der Waals surface area contributed by atoms with E-state index < -0.39 is 5.60 Å². The van der Waals surface area contributed by atoms with Crippen LogP contribution in [-0.2, 0) is 4.79 Å². The molecule has 4 rings (SSSR count). The molecule has 0 atom stereocenters. The number of ketones is 1. The summed E-state index contributed by atoms with van der Waals surface area (Å²) in [5, 5.41) is 0. The van der Waals surface area contributed by atoms with Gasteiger partial charge in [-0.15, -0.1) is 0 Å². The minimum atomic E-state index is -0.509. The molecule has 2 aromatic carbocycles. The van der Waals surface area contributed by atoms with Gasteiger partial charge in [0.05, 0.1) is 18.6 Å². The second-order valence-electron chi connectivity index (χ2n) is 7.43. The van der Waals surface area contributed by atoms with Crippen LogP contribution in [0, 0.1) is 0 Å². The zero-order chi connectivity index (χ0) is 20.3. The van der Waals surface area contributed by atoms with Crippen LogP contribution >= 0.6 is 0 Å². The lowest BCUT2D eigenvalue weighted by molar-refractivity contribution is -0.136. The summed E-state index contributed by atoms with van der Waals surface area (Å²) in [5.41, 5.74) is 0.142. The van der Waals surface area contributed by atoms with Crippen molar-refractivity contribution in [2.45, 2.75) is 31.8 Å². The van der Waals surface area contributed by atoms with E-state index in [1.54, 1.807) is 17.0 Å². The molecule has 152 valence electrons. The van der Waals surface area contributed by atoms with Crippen molar-refractivity contribution >= 4 is 11.7 Å². The monoisotopic (exact) mass is 395 g/mol. The van der Waals surface area contributed by atoms with Gasteiger partial charge in [0.15, 0.2) is 23.9 Å². The number of rotatable bonds is 5. The van der Waals surface area contributed by atoms with Crippen LogP contribution in [0.4, 0.5) is 0 Å². The lowest BCUT2D eigenvalue weighted by Gasteiger charge is -2.43. The van der Waals surface area contributed by atoms with E-state index in [0.29, 0.717) is 61.8 Å². The van der Waals surface area contributed by atoms with Crippen LogP contribution in [0.15, 0.2) is 48.5 Å². The smallest absolute Gasteiger partial charge is 0.260 e. The van der Waals surface area contributed by atoms with E-state index in [9.17, 15) is 9.59 Å². The highest BCUT2D eigenvalue weighted by molar-refractivity contribution is 6.00. The minimum Gasteiger partial charge on any atom is -0.490 e. The maximum Gasteiger partial charge on any atom is 0.260 e. The highest BCUT2D eigenvalue weighted by Gasteiger charge is 2.43. The lowest BCUT2D eigenvalue weighted by atomic mass is 9.82. The molecule has 1 saturated heterocycles. The molecule has 2 aromatic rings. The van der Waals surface area contributed by atoms with Gasteiger partial charge in [0.2, 0.25) is 0 Å². The van der Waals surface area contributed by atoms with E-state index in [0.717, 1.165) is 0 Å². The highest BCUT2D eigenvalue weighted by atomic mass is 16.5. The van der Waals surface area contributed by atoms with Crippen LogP contribution < -0.4 is 14.2 Å². The third-order valence-electron chi connectivity index (χ3n) is 5.52. The molecule has 0 aliphatic carbocycles. The predicted octanol–water partition coefficient (Wildman–Crippen LogP) is 3.49. The highest BCUT2D eigenvalue weighted by Crippen LogP contribution is 2.39. The van der Waals surface area contributed by atoms with Crippen LogP contribution in [-0.4, -0.2) is 48.5 Å². The van der Waals surface area contributed by atoms with Gasteiger partial charge in [0, 0.05) is 25.9 Å². The Morgan fingerprint density at radius 3 is 2.41 bits per heavy atom. The summed E-state index contributed by atoms with van der Waals surface area (Å²) in [6, 6.07) is 14.7. The van der Waals surface area contributed by atoms with Crippen molar-refractivity contribution in [2.24, 2.45) is 0 Å². The summed E-state index contributed by atoms with van der Waals surface area (Å²) < 4.78 is 17.5. The van der Waals surface area contributed by atoms with Gasteiger partial charge in [-0.2, -0.15) is 0 Å². The average Bonchev–Trinajstić information content (AvgIpc) is 2.74. The fourth-order valence-corrected chi connectivity index (χ4v) is 3.96. The quantitative estimate of drug-likeness (QED) is 0.775. The van der Waals surface area contributed by atoms with Crippen molar-refractivity contribution in [3.8, 4) is 17.2 Å². The number of hydrogen-bond acceptors (Lipinski definition) is 5. The Kier molecular flexibility index (Phi) is 5.43. The van der Waals surface area contributed by atoms with Crippen molar-refractivity contribution in [1.82, 2.24) is 4.90 Å². The lowest BCUT2D eigenvalue weighted by Crippen LogP contribution is -2.53. The number of carbonyl (C=O) groups is 2. The van der Waals surface area contributed by atoms with Crippen molar-refractivity contribution < 1.29 is 23.8 Å². The van der Waals surface area contributed by atoms with Gasteiger partial charge in [-0.05, 0) is 31.2 Å². The van der Waals surface area contributed by atoms with E-state index in [-0.39, 0.29) is 18.3 Å². The summed E-state index contributed by atoms with van der Waals surface area (Å²) in [6.07, 6.45) is 1.63. The van der Waals surface area contributed by atoms with Crippen LogP contribution in [0.1, 0.15) is 36.5 Å². The molecule has 1 amide bonds. The maximum atomic E-state index is 12.6. The van der Waals surface area contributed by atoms with E-state index in [1.165, 1.54) is 0 Å². The number of piperidine rings is 1. The van der Waals surface area contributed by atoms with E-state index >= 15 is 0 Å². The Balaban J connectivity index is 1.34. The van der Waals surface area contributed by atoms with Gasteiger partial charge in [0.25, 0.3) is 5.91 Å². The third kappa shape index (κ3) is 4.06. The molecule has 1 spiro atoms. The van der Waals surface area contributed by atoms with Crippen molar-refractivity contribution in [1.29, 1.82) is 0 Å². The largest absolute Gasteiger partial charge is 0.490 e. The molecule has 0 aromatic heterocycles. The number of Topliss-reactive ketones (excluding diaryl/α,β-unsaturated/α-hetero) is 1. The molecule has 2 heterocycles. The number of hydrogen-bond donors (Lipinski definition) is 0. The minimum absolute atomic E-state index is 0.0420. The molecule has 0 saturated carbocycles. The number of ether oxygens (including phenoxy) is 3. The van der Waals surface area contributed by atoms with Gasteiger partial charge >= 0.3 is 0 Å². The molecular formula is C23H25NO5. The average molecular weight is 395 g/mol. The summed E-state index contributed by atoms with van der Waals surface area (Å²) >= 11 is 0. The van der Waals surface area contributed by atoms with Gasteiger partial charge in [-0.25, -0.2) is 0 Å². The first kappa shape index (κ1) is 19.3. The number of fused-ring (bicyclic) bond motifs is 1. The van der Waals surface area contributed by atoms with Crippen molar-refractivity contribution in [2.75, 3.05) is 26.3 Å². The standard InChI is InChI=1S/C23H25NO5/c1-2-27-20-9-5-6-10-21(20)28-16-22(26)24-13-11-23(12-14-24)15-18(25)17-7-3-4-8-19(17)29-23/h3-10H,2,11-16H2,1H3. The van der Waals surface area contributed by atoms with Crippen LogP contribution in [0.2, 0.25) is 0 Å². The second-order valence-corrected chi connectivity index (χ2v) is 7.43. The molecule has 0 unspecified atom stereocenters. The van der Waals surface area contributed by atoms with Gasteiger partial charge < -0.3 is 19.1 Å². The molecule has 6 heteroatoms. The summed E-state index contributed by atoms with van der Waals surface area (Å²) in [7, 11) is 0. The fourth-order valence-electron chi connectivity index (χ4n) is 3.96. The van der Waals surface area contributed by atoms with Crippen LogP contribution in [0.25, 0.3) is 0 Å². The van der Waals surface area contributed by atoms with Crippen molar-refractivity contribution in [3.05, 3.63) is 54.1 Å².